The monoisotopic (exact) mass is 200 g/mol. The van der Waals surface area contributed by atoms with Crippen LogP contribution in [0.1, 0.15) is 20.3 Å². The van der Waals surface area contributed by atoms with Crippen LogP contribution in [0.5, 0.6) is 0 Å². The Hall–Kier alpha value is 0.270. The summed E-state index contributed by atoms with van der Waals surface area (Å²) < 4.78 is 0. The second kappa shape index (κ2) is 9.36. The first kappa shape index (κ1) is 14.8. The Labute approximate surface area is 74.2 Å². The second-order valence-electron chi connectivity index (χ2n) is 2.84. The number of aliphatic hydroxyl groups excluding tert-OH is 4. The summed E-state index contributed by atoms with van der Waals surface area (Å²) in [5.74, 6) is 0. The molecule has 0 heterocycles. The number of rotatable bonds is 4. The van der Waals surface area contributed by atoms with Crippen molar-refractivity contribution in [1.82, 2.24) is 0 Å². The topological polar surface area (TPSA) is 80.9 Å². The van der Waals surface area contributed by atoms with Crippen LogP contribution in [0, 0.1) is 0 Å². The van der Waals surface area contributed by atoms with Gasteiger partial charge in [-0.15, -0.1) is 0 Å². The van der Waals surface area contributed by atoms with Gasteiger partial charge in [-0.2, -0.15) is 0 Å². The number of hydrogen-bond acceptors (Lipinski definition) is 4. The zero-order valence-electron chi connectivity index (χ0n) is 7.82. The van der Waals surface area contributed by atoms with Gasteiger partial charge in [-0.25, -0.2) is 0 Å². The molecule has 0 unspecified atom stereocenters. The first-order chi connectivity index (χ1) is 5.66. The van der Waals surface area contributed by atoms with Crippen molar-refractivity contribution in [2.75, 3.05) is 25.4 Å². The van der Waals surface area contributed by atoms with Gasteiger partial charge in [0.25, 0.3) is 0 Å². The van der Waals surface area contributed by atoms with Crippen molar-refractivity contribution in [1.29, 1.82) is 0 Å². The van der Waals surface area contributed by atoms with Crippen molar-refractivity contribution in [3.63, 3.8) is 0 Å². The molecule has 0 bridgehead atoms. The maximum atomic E-state index is 8.56. The average molecular weight is 200 g/mol. The molecule has 5 heteroatoms. The Kier molecular flexibility index (Phi) is 11.5. The maximum absolute atomic E-state index is 8.56. The fourth-order valence-electron chi connectivity index (χ4n) is 0.300. The van der Waals surface area contributed by atoms with Crippen LogP contribution in [-0.2, 0) is 0 Å². The molecule has 0 saturated carbocycles. The van der Waals surface area contributed by atoms with Crippen LogP contribution in [0.15, 0.2) is 0 Å². The van der Waals surface area contributed by atoms with Crippen LogP contribution in [0.2, 0.25) is 0 Å². The van der Waals surface area contributed by atoms with E-state index in [9.17, 15) is 0 Å². The van der Waals surface area contributed by atoms with E-state index in [2.05, 4.69) is 13.8 Å². The van der Waals surface area contributed by atoms with Crippen LogP contribution in [-0.4, -0.2) is 45.8 Å². The van der Waals surface area contributed by atoms with E-state index in [4.69, 9.17) is 20.4 Å². The summed E-state index contributed by atoms with van der Waals surface area (Å²) in [6.07, 6.45) is 0.181. The van der Waals surface area contributed by atoms with Gasteiger partial charge in [-0.05, 0) is 0 Å². The quantitative estimate of drug-likeness (QED) is 0.480. The molecule has 0 aromatic carbocycles. The van der Waals surface area contributed by atoms with Gasteiger partial charge >= 0.3 is 53.1 Å². The van der Waals surface area contributed by atoms with E-state index in [-0.39, 0.29) is 25.4 Å². The number of hydrogen-bond donors (Lipinski definition) is 4. The molecule has 0 aliphatic heterocycles. The van der Waals surface area contributed by atoms with Gasteiger partial charge in [0.05, 0.1) is 0 Å². The van der Waals surface area contributed by atoms with Crippen molar-refractivity contribution in [3.8, 4) is 0 Å². The molecule has 4 N–H and O–H groups in total. The van der Waals surface area contributed by atoms with Crippen LogP contribution in [0.4, 0.5) is 0 Å². The van der Waals surface area contributed by atoms with E-state index in [0.29, 0.717) is 0 Å². The molecule has 78 valence electrons. The molecule has 0 rings (SSSR count). The first-order valence-electron chi connectivity index (χ1n) is 4.09. The molecule has 0 aliphatic rings. The van der Waals surface area contributed by atoms with Crippen molar-refractivity contribution in [2.45, 2.75) is 20.3 Å². The Morgan fingerprint density at radius 1 is 0.750 bits per heavy atom. The van der Waals surface area contributed by atoms with E-state index < -0.39 is 7.26 Å². The van der Waals surface area contributed by atoms with Gasteiger partial charge in [-0.1, -0.05) is 20.3 Å². The zero-order chi connectivity index (χ0) is 10.0. The molecular weight excluding hydrogens is 179 g/mol. The molecule has 0 aromatic heterocycles. The first-order valence-corrected chi connectivity index (χ1v) is 6.92. The van der Waals surface area contributed by atoms with Crippen molar-refractivity contribution in [3.05, 3.63) is 0 Å². The molecule has 0 spiro atoms. The zero-order valence-corrected chi connectivity index (χ0v) is 8.82. The summed E-state index contributed by atoms with van der Waals surface area (Å²) in [5.41, 5.74) is 0. The normalized spacial score (nSPS) is 11.8. The molecule has 0 saturated heterocycles. The van der Waals surface area contributed by atoms with Crippen molar-refractivity contribution < 1.29 is 20.4 Å². The fraction of sp³-hybridized carbons (Fsp3) is 1.00. The molecule has 12 heavy (non-hydrogen) atoms. The van der Waals surface area contributed by atoms with E-state index in [0.717, 1.165) is 0 Å². The van der Waals surface area contributed by atoms with E-state index in [1.54, 1.807) is 0 Å². The molecule has 0 fully saturated rings. The van der Waals surface area contributed by atoms with Crippen LogP contribution in [0.3, 0.4) is 0 Å². The van der Waals surface area contributed by atoms with E-state index in [1.165, 1.54) is 6.42 Å². The predicted octanol–water partition coefficient (Wildman–Crippen LogP) is -0.0482. The van der Waals surface area contributed by atoms with Gasteiger partial charge in [0.15, 0.2) is 0 Å². The summed E-state index contributed by atoms with van der Waals surface area (Å²) in [5, 5.41) is 34.2. The van der Waals surface area contributed by atoms with Crippen LogP contribution in [0.25, 0.3) is 0 Å². The Bertz CT molecular complexity index is 68.0. The van der Waals surface area contributed by atoms with Crippen molar-refractivity contribution in [2.24, 2.45) is 0 Å². The van der Waals surface area contributed by atoms with Gasteiger partial charge in [0.2, 0.25) is 0 Å². The summed E-state index contributed by atoms with van der Waals surface area (Å²) >= 11 is 0. The SMILES string of the molecule is CCC.OC[PH](CO)(CO)CO. The molecule has 0 atom stereocenters. The summed E-state index contributed by atoms with van der Waals surface area (Å²) in [6, 6.07) is 0. The minimum absolute atomic E-state index is 0.267. The Balaban J connectivity index is 0. The fourth-order valence-corrected chi connectivity index (χ4v) is 0.900. The van der Waals surface area contributed by atoms with Crippen LogP contribution >= 0.6 is 7.26 Å². The third-order valence-electron chi connectivity index (χ3n) is 1.34. The average Bonchev–Trinajstić information content (AvgIpc) is 2.11. The molecule has 0 radical (unpaired) electrons. The second-order valence-corrected chi connectivity index (χ2v) is 7.10. The molecule has 4 nitrogen and oxygen atoms in total. The summed E-state index contributed by atoms with van der Waals surface area (Å²) in [7, 11) is -2.47. The Morgan fingerprint density at radius 2 is 0.917 bits per heavy atom. The van der Waals surface area contributed by atoms with Crippen LogP contribution < -0.4 is 0 Å². The summed E-state index contributed by atoms with van der Waals surface area (Å²) in [6.45, 7) is 4.25. The van der Waals surface area contributed by atoms with E-state index in [1.807, 2.05) is 0 Å². The predicted molar refractivity (Wildman–Crippen MR) is 52.6 cm³/mol. The van der Waals surface area contributed by atoms with Gasteiger partial charge in [0.1, 0.15) is 0 Å². The summed E-state index contributed by atoms with van der Waals surface area (Å²) in [4.78, 5) is 0. The third-order valence-corrected chi connectivity index (χ3v) is 4.02. The minimum atomic E-state index is -2.47. The number of aliphatic hydroxyl groups is 4. The molecule has 0 aliphatic carbocycles. The van der Waals surface area contributed by atoms with Gasteiger partial charge in [0, 0.05) is 0 Å². The molecule has 0 amide bonds. The Morgan fingerprint density at radius 3 is 0.917 bits per heavy atom. The van der Waals surface area contributed by atoms with E-state index >= 15 is 0 Å². The molecular formula is C7H21O4P. The molecule has 0 aromatic rings. The van der Waals surface area contributed by atoms with Gasteiger partial charge in [-0.3, -0.25) is 0 Å². The van der Waals surface area contributed by atoms with Gasteiger partial charge < -0.3 is 0 Å². The van der Waals surface area contributed by atoms with Crippen molar-refractivity contribution >= 4 is 7.26 Å². The third kappa shape index (κ3) is 5.86. The standard InChI is InChI=1S/C4H13O4P.C3H8/c5-1-9(2-6,3-7)4-8;1-3-2/h5-9H,1-4H2;3H2,1-2H3.